The van der Waals surface area contributed by atoms with Gasteiger partial charge in [-0.3, -0.25) is 10.1 Å². The molecule has 2 aromatic rings. The van der Waals surface area contributed by atoms with E-state index in [0.29, 0.717) is 9.60 Å². The van der Waals surface area contributed by atoms with Crippen molar-refractivity contribution in [1.82, 2.24) is 14.9 Å². The first kappa shape index (κ1) is 20.4. The molecule has 1 saturated carbocycles. The molecule has 0 atom stereocenters. The summed E-state index contributed by atoms with van der Waals surface area (Å²) in [7, 11) is -3.63. The van der Waals surface area contributed by atoms with Crippen LogP contribution in [0.4, 0.5) is 5.13 Å². The minimum Gasteiger partial charge on any atom is -0.296 e. The van der Waals surface area contributed by atoms with Crippen molar-refractivity contribution in [2.45, 2.75) is 56.4 Å². The number of nitrogens with one attached hydrogen (secondary N) is 2. The number of aryl methyl sites for hydroxylation is 1. The Morgan fingerprint density at radius 1 is 1.30 bits per heavy atom. The first-order valence-electron chi connectivity index (χ1n) is 8.84. The molecule has 146 valence electrons. The van der Waals surface area contributed by atoms with E-state index in [-0.39, 0.29) is 16.5 Å². The molecule has 0 saturated heterocycles. The smallest absolute Gasteiger partial charge is 0.258 e. The molecule has 0 unspecified atom stereocenters. The number of anilines is 1. The van der Waals surface area contributed by atoms with E-state index in [1.807, 2.05) is 0 Å². The Bertz CT molecular complexity index is 926. The molecular weight excluding hydrogens is 452 g/mol. The second-order valence-electron chi connectivity index (χ2n) is 6.45. The molecule has 0 radical (unpaired) electrons. The highest BCUT2D eigenvalue weighted by molar-refractivity contribution is 9.10. The Labute approximate surface area is 171 Å². The molecule has 0 bridgehead atoms. The summed E-state index contributed by atoms with van der Waals surface area (Å²) in [5.41, 5.74) is 0.233. The first-order valence-corrected chi connectivity index (χ1v) is 11.9. The van der Waals surface area contributed by atoms with Crippen molar-refractivity contribution in [2.75, 3.05) is 5.32 Å². The number of aromatic nitrogens is 2. The van der Waals surface area contributed by atoms with E-state index >= 15 is 0 Å². The lowest BCUT2D eigenvalue weighted by Gasteiger charge is -2.09. The molecule has 1 aromatic heterocycles. The molecule has 0 aliphatic heterocycles. The normalized spacial score (nSPS) is 14.3. The SMILES string of the molecule is CCCCCc1nnc(NC(=O)c2cc(S(=O)(=O)NC3CC3)ccc2Br)s1. The van der Waals surface area contributed by atoms with Crippen molar-refractivity contribution < 1.29 is 13.2 Å². The lowest BCUT2D eigenvalue weighted by atomic mass is 10.2. The monoisotopic (exact) mass is 472 g/mol. The standard InChI is InChI=1S/C17H21BrN4O3S2/c1-2-3-4-5-15-20-21-17(26-15)19-16(23)13-10-12(8-9-14(13)18)27(24,25)22-11-6-7-11/h8-11,22H,2-7H2,1H3,(H,19,21,23). The van der Waals surface area contributed by atoms with Crippen LogP contribution >= 0.6 is 27.3 Å². The molecule has 3 rings (SSSR count). The lowest BCUT2D eigenvalue weighted by molar-refractivity contribution is 0.102. The van der Waals surface area contributed by atoms with Crippen molar-refractivity contribution in [3.05, 3.63) is 33.2 Å². The van der Waals surface area contributed by atoms with Crippen molar-refractivity contribution in [3.63, 3.8) is 0 Å². The third kappa shape index (κ3) is 5.56. The third-order valence-corrected chi connectivity index (χ3v) is 7.18. The van der Waals surface area contributed by atoms with Gasteiger partial charge >= 0.3 is 0 Å². The summed E-state index contributed by atoms with van der Waals surface area (Å²) in [5, 5.41) is 12.1. The Hall–Kier alpha value is -1.36. The van der Waals surface area contributed by atoms with Crippen LogP contribution in [-0.4, -0.2) is 30.6 Å². The zero-order valence-electron chi connectivity index (χ0n) is 14.9. The van der Waals surface area contributed by atoms with Crippen LogP contribution in [0.25, 0.3) is 0 Å². The number of sulfonamides is 1. The van der Waals surface area contributed by atoms with Crippen LogP contribution in [0.5, 0.6) is 0 Å². The van der Waals surface area contributed by atoms with Crippen LogP contribution in [0.3, 0.4) is 0 Å². The van der Waals surface area contributed by atoms with Crippen molar-refractivity contribution >= 4 is 48.3 Å². The van der Waals surface area contributed by atoms with Crippen LogP contribution in [0.1, 0.15) is 54.4 Å². The van der Waals surface area contributed by atoms with Gasteiger partial charge in [0.15, 0.2) is 0 Å². The van der Waals surface area contributed by atoms with E-state index in [0.717, 1.165) is 43.5 Å². The quantitative estimate of drug-likeness (QED) is 0.541. The summed E-state index contributed by atoms with van der Waals surface area (Å²) in [5.74, 6) is -0.429. The number of unbranched alkanes of at least 4 members (excludes halogenated alkanes) is 2. The molecule has 1 aliphatic rings. The number of rotatable bonds is 9. The Morgan fingerprint density at radius 2 is 2.07 bits per heavy atom. The van der Waals surface area contributed by atoms with Crippen LogP contribution in [-0.2, 0) is 16.4 Å². The fourth-order valence-electron chi connectivity index (χ4n) is 2.43. The minimum atomic E-state index is -3.63. The Balaban J connectivity index is 1.71. The molecule has 1 aromatic carbocycles. The van der Waals surface area contributed by atoms with Gasteiger partial charge in [-0.1, -0.05) is 31.1 Å². The van der Waals surface area contributed by atoms with Gasteiger partial charge in [-0.15, -0.1) is 10.2 Å². The van der Waals surface area contributed by atoms with Gasteiger partial charge in [-0.05, 0) is 53.4 Å². The highest BCUT2D eigenvalue weighted by atomic mass is 79.9. The minimum absolute atomic E-state index is 0.00319. The number of hydrogen-bond acceptors (Lipinski definition) is 6. The third-order valence-electron chi connectivity index (χ3n) is 4.07. The van der Waals surface area contributed by atoms with Gasteiger partial charge in [0.05, 0.1) is 10.5 Å². The number of carbonyl (C=O) groups is 1. The summed E-state index contributed by atoms with van der Waals surface area (Å²) in [6, 6.07) is 4.41. The van der Waals surface area contributed by atoms with Gasteiger partial charge in [0, 0.05) is 16.9 Å². The molecule has 1 amide bonds. The van der Waals surface area contributed by atoms with E-state index in [4.69, 9.17) is 0 Å². The molecule has 1 heterocycles. The summed E-state index contributed by atoms with van der Waals surface area (Å²) >= 11 is 4.65. The predicted molar refractivity (Wildman–Crippen MR) is 109 cm³/mol. The Kier molecular flexibility index (Phi) is 6.61. The fraction of sp³-hybridized carbons (Fsp3) is 0.471. The van der Waals surface area contributed by atoms with Gasteiger partial charge in [0.1, 0.15) is 5.01 Å². The molecular formula is C17H21BrN4O3S2. The fourth-order valence-corrected chi connectivity index (χ4v) is 4.96. The highest BCUT2D eigenvalue weighted by Gasteiger charge is 2.28. The second kappa shape index (κ2) is 8.76. The summed E-state index contributed by atoms with van der Waals surface area (Å²) in [6.07, 6.45) is 5.83. The van der Waals surface area contributed by atoms with Crippen molar-refractivity contribution in [3.8, 4) is 0 Å². The van der Waals surface area contributed by atoms with Crippen molar-refractivity contribution in [2.24, 2.45) is 0 Å². The number of halogens is 1. The summed E-state index contributed by atoms with van der Waals surface area (Å²) < 4.78 is 27.9. The van der Waals surface area contributed by atoms with Gasteiger partial charge < -0.3 is 0 Å². The molecule has 0 spiro atoms. The number of benzene rings is 1. The maximum Gasteiger partial charge on any atom is 0.258 e. The van der Waals surface area contributed by atoms with Crippen LogP contribution < -0.4 is 10.0 Å². The molecule has 1 fully saturated rings. The number of carbonyl (C=O) groups excluding carboxylic acids is 1. The highest BCUT2D eigenvalue weighted by Crippen LogP contribution is 2.26. The van der Waals surface area contributed by atoms with Crippen LogP contribution in [0, 0.1) is 0 Å². The summed E-state index contributed by atoms with van der Waals surface area (Å²) in [4.78, 5) is 12.7. The van der Waals surface area contributed by atoms with Gasteiger partial charge in [-0.2, -0.15) is 0 Å². The largest absolute Gasteiger partial charge is 0.296 e. The molecule has 1 aliphatic carbocycles. The van der Waals surface area contributed by atoms with Gasteiger partial charge in [0.25, 0.3) is 5.91 Å². The average Bonchev–Trinajstić information content (AvgIpc) is 3.31. The van der Waals surface area contributed by atoms with E-state index in [2.05, 4.69) is 43.1 Å². The van der Waals surface area contributed by atoms with Crippen LogP contribution in [0.15, 0.2) is 27.6 Å². The maximum atomic E-state index is 12.6. The van der Waals surface area contributed by atoms with Crippen LogP contribution in [0.2, 0.25) is 0 Å². The van der Waals surface area contributed by atoms with E-state index in [1.54, 1.807) is 6.07 Å². The second-order valence-corrected chi connectivity index (χ2v) is 10.1. The number of hydrogen-bond donors (Lipinski definition) is 2. The zero-order valence-corrected chi connectivity index (χ0v) is 18.1. The Morgan fingerprint density at radius 3 is 2.78 bits per heavy atom. The van der Waals surface area contributed by atoms with Gasteiger partial charge in [0.2, 0.25) is 15.2 Å². The molecule has 10 heteroatoms. The topological polar surface area (TPSA) is 101 Å². The van der Waals surface area contributed by atoms with E-state index < -0.39 is 15.9 Å². The first-order chi connectivity index (χ1) is 12.9. The molecule has 2 N–H and O–H groups in total. The zero-order chi connectivity index (χ0) is 19.4. The molecule has 7 nitrogen and oxygen atoms in total. The predicted octanol–water partition coefficient (Wildman–Crippen LogP) is 3.73. The van der Waals surface area contributed by atoms with Gasteiger partial charge in [-0.25, -0.2) is 13.1 Å². The maximum absolute atomic E-state index is 12.6. The summed E-state index contributed by atoms with van der Waals surface area (Å²) in [6.45, 7) is 2.14. The lowest BCUT2D eigenvalue weighted by Crippen LogP contribution is -2.26. The van der Waals surface area contributed by atoms with E-state index in [1.165, 1.54) is 23.5 Å². The van der Waals surface area contributed by atoms with E-state index in [9.17, 15) is 13.2 Å². The number of nitrogens with zero attached hydrogens (tertiary/aromatic N) is 2. The van der Waals surface area contributed by atoms with Crippen molar-refractivity contribution in [1.29, 1.82) is 0 Å². The number of amides is 1. The average molecular weight is 473 g/mol. The molecule has 27 heavy (non-hydrogen) atoms.